The number of carbonyl (C=O) groups excluding carboxylic acids is 1. The van der Waals surface area contributed by atoms with E-state index in [4.69, 9.17) is 11.5 Å². The van der Waals surface area contributed by atoms with Crippen LogP contribution in [-0.4, -0.2) is 37.5 Å². The van der Waals surface area contributed by atoms with E-state index in [0.29, 0.717) is 0 Å². The topological polar surface area (TPSA) is 113 Å². The van der Waals surface area contributed by atoms with Crippen LogP contribution in [0.5, 0.6) is 0 Å². The molecule has 3 N–H and O–H groups in total. The Balaban J connectivity index is 2.92. The average Bonchev–Trinajstić information content (AvgIpc) is 2.44. The molecule has 0 aliphatic heterocycles. The van der Waals surface area contributed by atoms with Gasteiger partial charge in [0.15, 0.2) is 0 Å². The molecule has 0 aliphatic rings. The average molecular weight is 324 g/mol. The number of carboxylic acids is 1. The molecule has 0 spiro atoms. The third-order valence-electron chi connectivity index (χ3n) is 2.75. The van der Waals surface area contributed by atoms with Crippen LogP contribution in [0.3, 0.4) is 0 Å². The first kappa shape index (κ1) is 17.7. The molecule has 0 saturated heterocycles. The number of hydrogen-bond donors (Lipinski definition) is 3. The fourth-order valence-electron chi connectivity index (χ4n) is 1.41. The van der Waals surface area contributed by atoms with Crippen LogP contribution in [0.15, 0.2) is 29.2 Å². The van der Waals surface area contributed by atoms with Crippen molar-refractivity contribution in [1.29, 1.82) is 0 Å². The molecule has 1 aromatic rings. The number of terminal acetylenes is 1. The van der Waals surface area contributed by atoms with Gasteiger partial charge in [0.2, 0.25) is 10.0 Å². The fraction of sp³-hybridized carbons (Fsp3) is 0.286. The minimum Gasteiger partial charge on any atom is -0.480 e. The Bertz CT molecular complexity index is 715. The largest absolute Gasteiger partial charge is 0.480 e. The highest BCUT2D eigenvalue weighted by molar-refractivity contribution is 7.89. The van der Waals surface area contributed by atoms with Crippen molar-refractivity contribution < 1.29 is 23.1 Å². The normalized spacial score (nSPS) is 11.5. The Labute approximate surface area is 128 Å². The molecule has 0 unspecified atom stereocenters. The molecule has 0 bridgehead atoms. The predicted molar refractivity (Wildman–Crippen MR) is 79.6 cm³/mol. The molecule has 0 heterocycles. The standard InChI is InChI=1S/C14H16N2O5S/c1-4-9-15-22(20,21)11-7-5-10(6-8-11)12(17)16-14(2,3)13(18)19/h1,5-8,15H,9H2,2-3H3,(H,16,17)(H,18,19). The highest BCUT2D eigenvalue weighted by Gasteiger charge is 2.29. The van der Waals surface area contributed by atoms with Gasteiger partial charge in [0, 0.05) is 5.56 Å². The summed E-state index contributed by atoms with van der Waals surface area (Å²) in [5, 5.41) is 11.3. The molecular formula is C14H16N2O5S. The maximum absolute atomic E-state index is 11.9. The molecule has 0 fully saturated rings. The van der Waals surface area contributed by atoms with Crippen LogP contribution in [0.1, 0.15) is 24.2 Å². The van der Waals surface area contributed by atoms with E-state index in [0.717, 1.165) is 0 Å². The molecule has 0 saturated carbocycles. The van der Waals surface area contributed by atoms with Gasteiger partial charge >= 0.3 is 5.97 Å². The molecule has 0 atom stereocenters. The second-order valence-corrected chi connectivity index (χ2v) is 6.70. The minimum absolute atomic E-state index is 0.0446. The first-order valence-corrected chi connectivity index (χ1v) is 7.67. The number of aliphatic carboxylic acids is 1. The van der Waals surface area contributed by atoms with E-state index in [2.05, 4.69) is 16.0 Å². The van der Waals surface area contributed by atoms with Gasteiger partial charge in [-0.2, -0.15) is 4.72 Å². The van der Waals surface area contributed by atoms with E-state index in [9.17, 15) is 18.0 Å². The number of nitrogens with one attached hydrogen (secondary N) is 2. The van der Waals surface area contributed by atoms with Crippen molar-refractivity contribution in [1.82, 2.24) is 10.0 Å². The van der Waals surface area contributed by atoms with Crippen molar-refractivity contribution in [2.75, 3.05) is 6.54 Å². The number of carboxylic acid groups (broad SMARTS) is 1. The number of hydrogen-bond acceptors (Lipinski definition) is 4. The summed E-state index contributed by atoms with van der Waals surface area (Å²) in [5.74, 6) is 0.350. The molecule has 22 heavy (non-hydrogen) atoms. The van der Waals surface area contributed by atoms with Gasteiger partial charge in [-0.15, -0.1) is 6.42 Å². The number of carbonyl (C=O) groups is 2. The summed E-state index contributed by atoms with van der Waals surface area (Å²) in [5.41, 5.74) is -1.29. The Kier molecular flexibility index (Phi) is 5.30. The lowest BCUT2D eigenvalue weighted by atomic mass is 10.1. The van der Waals surface area contributed by atoms with E-state index in [-0.39, 0.29) is 17.0 Å². The van der Waals surface area contributed by atoms with E-state index in [1.54, 1.807) is 0 Å². The Morgan fingerprint density at radius 3 is 2.27 bits per heavy atom. The molecule has 0 aliphatic carbocycles. The van der Waals surface area contributed by atoms with Crippen LogP contribution in [0.2, 0.25) is 0 Å². The summed E-state index contributed by atoms with van der Waals surface area (Å²) in [7, 11) is -3.73. The minimum atomic E-state index is -3.73. The summed E-state index contributed by atoms with van der Waals surface area (Å²) in [4.78, 5) is 22.8. The molecule has 0 aromatic heterocycles. The second-order valence-electron chi connectivity index (χ2n) is 4.94. The lowest BCUT2D eigenvalue weighted by Crippen LogP contribution is -2.49. The number of benzene rings is 1. The summed E-state index contributed by atoms with van der Waals surface area (Å²) in [6, 6.07) is 5.05. The zero-order chi connectivity index (χ0) is 17.0. The van der Waals surface area contributed by atoms with Gasteiger partial charge in [-0.3, -0.25) is 4.79 Å². The monoisotopic (exact) mass is 324 g/mol. The highest BCUT2D eigenvalue weighted by atomic mass is 32.2. The summed E-state index contributed by atoms with van der Waals surface area (Å²) in [6.07, 6.45) is 4.98. The summed E-state index contributed by atoms with van der Waals surface area (Å²) >= 11 is 0. The van der Waals surface area contributed by atoms with E-state index in [1.807, 2.05) is 0 Å². The first-order valence-electron chi connectivity index (χ1n) is 6.19. The van der Waals surface area contributed by atoms with Crippen LogP contribution >= 0.6 is 0 Å². The highest BCUT2D eigenvalue weighted by Crippen LogP contribution is 2.12. The molecule has 7 nitrogen and oxygen atoms in total. The van der Waals surface area contributed by atoms with Gasteiger partial charge < -0.3 is 10.4 Å². The van der Waals surface area contributed by atoms with Gasteiger partial charge in [-0.1, -0.05) is 5.92 Å². The lowest BCUT2D eigenvalue weighted by molar-refractivity contribution is -0.143. The van der Waals surface area contributed by atoms with Gasteiger partial charge in [0.05, 0.1) is 11.4 Å². The van der Waals surface area contributed by atoms with Crippen LogP contribution in [0.4, 0.5) is 0 Å². The zero-order valence-corrected chi connectivity index (χ0v) is 12.9. The molecule has 1 amide bonds. The van der Waals surface area contributed by atoms with Gasteiger partial charge in [0.25, 0.3) is 5.91 Å². The molecule has 1 rings (SSSR count). The third kappa shape index (κ3) is 4.31. The van der Waals surface area contributed by atoms with Crippen molar-refractivity contribution in [2.24, 2.45) is 0 Å². The van der Waals surface area contributed by atoms with E-state index >= 15 is 0 Å². The van der Waals surface area contributed by atoms with Crippen molar-refractivity contribution in [3.63, 3.8) is 0 Å². The molecule has 118 valence electrons. The third-order valence-corrected chi connectivity index (χ3v) is 4.17. The van der Waals surface area contributed by atoms with Crippen LogP contribution in [0.25, 0.3) is 0 Å². The van der Waals surface area contributed by atoms with Crippen molar-refractivity contribution in [3.05, 3.63) is 29.8 Å². The fourth-order valence-corrected chi connectivity index (χ4v) is 2.35. The molecular weight excluding hydrogens is 308 g/mol. The lowest BCUT2D eigenvalue weighted by Gasteiger charge is -2.21. The Morgan fingerprint density at radius 1 is 1.27 bits per heavy atom. The second kappa shape index (κ2) is 6.60. The number of rotatable bonds is 6. The first-order chi connectivity index (χ1) is 10.1. The van der Waals surface area contributed by atoms with Crippen molar-refractivity contribution in [2.45, 2.75) is 24.3 Å². The Morgan fingerprint density at radius 2 is 1.82 bits per heavy atom. The SMILES string of the molecule is C#CCNS(=O)(=O)c1ccc(C(=O)NC(C)(C)C(=O)O)cc1. The molecule has 1 aromatic carbocycles. The van der Waals surface area contributed by atoms with Crippen LogP contribution in [-0.2, 0) is 14.8 Å². The maximum Gasteiger partial charge on any atom is 0.328 e. The number of amides is 1. The van der Waals surface area contributed by atoms with E-state index < -0.39 is 27.4 Å². The van der Waals surface area contributed by atoms with Crippen molar-refractivity contribution >= 4 is 21.9 Å². The van der Waals surface area contributed by atoms with Gasteiger partial charge in [-0.25, -0.2) is 13.2 Å². The molecule has 8 heteroatoms. The van der Waals surface area contributed by atoms with Crippen LogP contribution in [0, 0.1) is 12.3 Å². The van der Waals surface area contributed by atoms with Crippen LogP contribution < -0.4 is 10.0 Å². The summed E-state index contributed by atoms with van der Waals surface area (Å²) in [6.45, 7) is 2.54. The van der Waals surface area contributed by atoms with Gasteiger partial charge in [-0.05, 0) is 38.1 Å². The summed E-state index contributed by atoms with van der Waals surface area (Å²) < 4.78 is 25.8. The smallest absolute Gasteiger partial charge is 0.328 e. The quantitative estimate of drug-likeness (QED) is 0.647. The Hall–Kier alpha value is -2.37. The van der Waals surface area contributed by atoms with Gasteiger partial charge in [0.1, 0.15) is 5.54 Å². The zero-order valence-electron chi connectivity index (χ0n) is 12.1. The molecule has 0 radical (unpaired) electrons. The number of sulfonamides is 1. The van der Waals surface area contributed by atoms with E-state index in [1.165, 1.54) is 38.1 Å². The van der Waals surface area contributed by atoms with Crippen molar-refractivity contribution in [3.8, 4) is 12.3 Å². The predicted octanol–water partition coefficient (Wildman–Crippen LogP) is 0.191. The maximum atomic E-state index is 11.9.